The number of carbonyl (C=O) groups is 2. The van der Waals surface area contributed by atoms with Crippen LogP contribution in [0.2, 0.25) is 0 Å². The van der Waals surface area contributed by atoms with Crippen LogP contribution in [0.5, 0.6) is 11.5 Å². The Bertz CT molecular complexity index is 1260. The molecule has 1 heterocycles. The lowest BCUT2D eigenvalue weighted by atomic mass is 10.1. The lowest BCUT2D eigenvalue weighted by molar-refractivity contribution is -0.120. The lowest BCUT2D eigenvalue weighted by Crippen LogP contribution is -2.30. The standard InChI is InChI=1S/C27H25N3O4/c1-18-29-23(14-21-10-13-24(31)25(15-21)34-2)27(33)30(18)22-11-8-19(9-12-22)16-26(32)28-17-20-6-4-3-5-7-20/h3-15,31H,16-17H2,1-2H3,(H,28,32)/b23-14-. The number of nitrogens with zero attached hydrogens (tertiary/aromatic N) is 2. The molecule has 3 aromatic carbocycles. The molecule has 1 aliphatic rings. The minimum atomic E-state index is -0.252. The monoisotopic (exact) mass is 455 g/mol. The van der Waals surface area contributed by atoms with Crippen molar-refractivity contribution in [3.8, 4) is 11.5 Å². The average molecular weight is 456 g/mol. The highest BCUT2D eigenvalue weighted by Crippen LogP contribution is 2.29. The number of amides is 2. The summed E-state index contributed by atoms with van der Waals surface area (Å²) in [7, 11) is 1.47. The number of aromatic hydroxyl groups is 1. The van der Waals surface area contributed by atoms with Crippen LogP contribution >= 0.6 is 0 Å². The summed E-state index contributed by atoms with van der Waals surface area (Å²) >= 11 is 0. The molecule has 0 radical (unpaired) electrons. The summed E-state index contributed by atoms with van der Waals surface area (Å²) in [5.41, 5.74) is 3.54. The highest BCUT2D eigenvalue weighted by molar-refractivity contribution is 6.28. The number of phenolic OH excluding ortho intramolecular Hbond substituents is 1. The summed E-state index contributed by atoms with van der Waals surface area (Å²) in [5.74, 6) is 0.577. The molecule has 7 heteroatoms. The molecule has 0 saturated carbocycles. The number of amidine groups is 1. The van der Waals surface area contributed by atoms with Gasteiger partial charge in [0.05, 0.1) is 19.2 Å². The molecule has 0 spiro atoms. The van der Waals surface area contributed by atoms with Gasteiger partial charge in [-0.3, -0.25) is 14.5 Å². The molecule has 34 heavy (non-hydrogen) atoms. The van der Waals surface area contributed by atoms with Crippen LogP contribution in [-0.4, -0.2) is 29.9 Å². The van der Waals surface area contributed by atoms with Gasteiger partial charge in [-0.15, -0.1) is 0 Å². The Kier molecular flexibility index (Phi) is 6.73. The van der Waals surface area contributed by atoms with Crippen molar-refractivity contribution in [2.24, 2.45) is 4.99 Å². The van der Waals surface area contributed by atoms with Gasteiger partial charge >= 0.3 is 0 Å². The number of methoxy groups -OCH3 is 1. The van der Waals surface area contributed by atoms with E-state index in [4.69, 9.17) is 4.74 Å². The molecule has 0 bridgehead atoms. The highest BCUT2D eigenvalue weighted by atomic mass is 16.5. The van der Waals surface area contributed by atoms with Gasteiger partial charge in [-0.05, 0) is 54.0 Å². The zero-order valence-corrected chi connectivity index (χ0v) is 19.0. The van der Waals surface area contributed by atoms with Gasteiger partial charge in [0.2, 0.25) is 5.91 Å². The van der Waals surface area contributed by atoms with Crippen molar-refractivity contribution < 1.29 is 19.4 Å². The predicted molar refractivity (Wildman–Crippen MR) is 132 cm³/mol. The second kappa shape index (κ2) is 10.0. The van der Waals surface area contributed by atoms with Crippen LogP contribution in [0.1, 0.15) is 23.6 Å². The largest absolute Gasteiger partial charge is 0.504 e. The van der Waals surface area contributed by atoms with Gasteiger partial charge in [-0.2, -0.15) is 0 Å². The quantitative estimate of drug-likeness (QED) is 0.526. The Morgan fingerprint density at radius 1 is 1.06 bits per heavy atom. The summed E-state index contributed by atoms with van der Waals surface area (Å²) < 4.78 is 5.13. The van der Waals surface area contributed by atoms with E-state index in [2.05, 4.69) is 10.3 Å². The third-order valence-corrected chi connectivity index (χ3v) is 5.43. The third-order valence-electron chi connectivity index (χ3n) is 5.43. The van der Waals surface area contributed by atoms with Crippen LogP contribution in [0.3, 0.4) is 0 Å². The van der Waals surface area contributed by atoms with Crippen LogP contribution < -0.4 is 15.0 Å². The number of rotatable bonds is 7. The van der Waals surface area contributed by atoms with E-state index < -0.39 is 0 Å². The molecule has 2 amide bonds. The number of aliphatic imine (C=N–C) groups is 1. The first-order valence-electron chi connectivity index (χ1n) is 10.8. The molecule has 7 nitrogen and oxygen atoms in total. The number of ether oxygens (including phenoxy) is 1. The number of nitrogens with one attached hydrogen (secondary N) is 1. The molecule has 0 unspecified atom stereocenters. The normalized spacial score (nSPS) is 14.3. The zero-order valence-electron chi connectivity index (χ0n) is 19.0. The van der Waals surface area contributed by atoms with Crippen LogP contribution in [0.15, 0.2) is 83.5 Å². The topological polar surface area (TPSA) is 91.2 Å². The number of phenols is 1. The van der Waals surface area contributed by atoms with Crippen molar-refractivity contribution >= 4 is 29.4 Å². The molecule has 0 atom stereocenters. The Hall–Kier alpha value is -4.39. The van der Waals surface area contributed by atoms with Crippen LogP contribution in [0.25, 0.3) is 6.08 Å². The first-order chi connectivity index (χ1) is 16.4. The first kappa shape index (κ1) is 22.8. The fourth-order valence-electron chi connectivity index (χ4n) is 3.68. The fraction of sp³-hybridized carbons (Fsp3) is 0.148. The van der Waals surface area contributed by atoms with Crippen molar-refractivity contribution in [2.75, 3.05) is 12.0 Å². The van der Waals surface area contributed by atoms with Crippen molar-refractivity contribution in [1.82, 2.24) is 5.32 Å². The van der Waals surface area contributed by atoms with Crippen molar-refractivity contribution in [2.45, 2.75) is 19.9 Å². The molecule has 3 aromatic rings. The highest BCUT2D eigenvalue weighted by Gasteiger charge is 2.29. The van der Waals surface area contributed by atoms with E-state index in [1.54, 1.807) is 25.1 Å². The van der Waals surface area contributed by atoms with E-state index in [-0.39, 0.29) is 29.7 Å². The molecule has 4 rings (SSSR count). The maximum Gasteiger partial charge on any atom is 0.282 e. The molecule has 172 valence electrons. The van der Waals surface area contributed by atoms with Gasteiger partial charge in [0.25, 0.3) is 5.91 Å². The minimum Gasteiger partial charge on any atom is -0.504 e. The Labute approximate surface area is 198 Å². The van der Waals surface area contributed by atoms with E-state index in [0.717, 1.165) is 11.1 Å². The Balaban J connectivity index is 1.42. The van der Waals surface area contributed by atoms with Gasteiger partial charge in [0.1, 0.15) is 11.5 Å². The van der Waals surface area contributed by atoms with Gasteiger partial charge < -0.3 is 15.2 Å². The van der Waals surface area contributed by atoms with Gasteiger partial charge in [-0.1, -0.05) is 48.5 Å². The average Bonchev–Trinajstić information content (AvgIpc) is 3.12. The minimum absolute atomic E-state index is 0.0255. The fourth-order valence-corrected chi connectivity index (χ4v) is 3.68. The van der Waals surface area contributed by atoms with Crippen LogP contribution in [-0.2, 0) is 22.6 Å². The van der Waals surface area contributed by atoms with Crippen molar-refractivity contribution in [3.05, 3.63) is 95.2 Å². The maximum absolute atomic E-state index is 13.0. The van der Waals surface area contributed by atoms with E-state index in [1.165, 1.54) is 18.1 Å². The summed E-state index contributed by atoms with van der Waals surface area (Å²) in [6.07, 6.45) is 1.90. The number of hydrogen-bond acceptors (Lipinski definition) is 5. The molecule has 0 aromatic heterocycles. The zero-order chi connectivity index (χ0) is 24.1. The van der Waals surface area contributed by atoms with Gasteiger partial charge in [0.15, 0.2) is 11.5 Å². The summed E-state index contributed by atoms with van der Waals surface area (Å²) in [5, 5.41) is 12.7. The molecule has 0 saturated heterocycles. The molecule has 0 aliphatic carbocycles. The van der Waals surface area contributed by atoms with Crippen LogP contribution in [0, 0.1) is 0 Å². The van der Waals surface area contributed by atoms with E-state index >= 15 is 0 Å². The molecule has 2 N–H and O–H groups in total. The van der Waals surface area contributed by atoms with Crippen molar-refractivity contribution in [3.63, 3.8) is 0 Å². The van der Waals surface area contributed by atoms with E-state index in [0.29, 0.717) is 29.4 Å². The molecule has 0 fully saturated rings. The Morgan fingerprint density at radius 3 is 2.50 bits per heavy atom. The summed E-state index contributed by atoms with van der Waals surface area (Å²) in [6.45, 7) is 2.25. The maximum atomic E-state index is 13.0. The summed E-state index contributed by atoms with van der Waals surface area (Å²) in [4.78, 5) is 31.3. The van der Waals surface area contributed by atoms with Gasteiger partial charge in [0, 0.05) is 6.54 Å². The SMILES string of the molecule is COc1cc(/C=C2\N=C(C)N(c3ccc(CC(=O)NCc4ccccc4)cc3)C2=O)ccc1O. The van der Waals surface area contributed by atoms with E-state index in [9.17, 15) is 14.7 Å². The summed E-state index contributed by atoms with van der Waals surface area (Å²) in [6, 6.07) is 21.9. The lowest BCUT2D eigenvalue weighted by Gasteiger charge is -2.16. The smallest absolute Gasteiger partial charge is 0.282 e. The number of anilines is 1. The number of benzene rings is 3. The predicted octanol–water partition coefficient (Wildman–Crippen LogP) is 4.07. The number of carbonyl (C=O) groups excluding carboxylic acids is 2. The molecular formula is C27H25N3O4. The van der Waals surface area contributed by atoms with Crippen molar-refractivity contribution in [1.29, 1.82) is 0 Å². The second-order valence-corrected chi connectivity index (χ2v) is 7.87. The van der Waals surface area contributed by atoms with E-state index in [1.807, 2.05) is 54.6 Å². The van der Waals surface area contributed by atoms with Gasteiger partial charge in [-0.25, -0.2) is 4.99 Å². The second-order valence-electron chi connectivity index (χ2n) is 7.87. The number of hydrogen-bond donors (Lipinski definition) is 2. The molecular weight excluding hydrogens is 430 g/mol. The first-order valence-corrected chi connectivity index (χ1v) is 10.8. The third kappa shape index (κ3) is 5.15. The Morgan fingerprint density at radius 2 is 1.79 bits per heavy atom. The van der Waals surface area contributed by atoms with Crippen LogP contribution in [0.4, 0.5) is 5.69 Å². The molecule has 1 aliphatic heterocycles.